The minimum Gasteiger partial charge on any atom is -0.462 e. The highest BCUT2D eigenvalue weighted by Gasteiger charge is 2.58. The van der Waals surface area contributed by atoms with Crippen molar-refractivity contribution in [1.82, 2.24) is 14.6 Å². The molecule has 12 nitrogen and oxygen atoms in total. The number of aliphatic hydroxyl groups is 1. The number of carbonyl (C=O) groups excluding carboxylic acids is 1. The molecule has 0 unspecified atom stereocenters. The molecule has 1 aromatic heterocycles. The molecule has 15 heteroatoms. The molecule has 1 saturated heterocycles. The fourth-order valence-corrected chi connectivity index (χ4v) is 5.02. The Morgan fingerprint density at radius 1 is 1.31 bits per heavy atom. The fourth-order valence-electron chi connectivity index (χ4n) is 3.22. The van der Waals surface area contributed by atoms with E-state index < -0.39 is 67.3 Å². The van der Waals surface area contributed by atoms with Gasteiger partial charge < -0.3 is 19.1 Å². The Morgan fingerprint density at radius 3 is 2.58 bits per heavy atom. The number of benzene rings is 1. The van der Waals surface area contributed by atoms with Crippen LogP contribution < -0.4 is 20.9 Å². The lowest BCUT2D eigenvalue weighted by Gasteiger charge is -2.25. The van der Waals surface area contributed by atoms with E-state index in [1.165, 1.54) is 19.1 Å². The number of nitrogens with zero attached hydrogens (tertiary/aromatic N) is 1. The molecule has 0 radical (unpaired) electrons. The summed E-state index contributed by atoms with van der Waals surface area (Å²) < 4.78 is 50.8. The lowest BCUT2D eigenvalue weighted by Crippen LogP contribution is -2.42. The van der Waals surface area contributed by atoms with Crippen molar-refractivity contribution in [3.8, 4) is 5.75 Å². The number of rotatable bonds is 10. The second kappa shape index (κ2) is 11.2. The highest BCUT2D eigenvalue weighted by molar-refractivity contribution is 7.52. The van der Waals surface area contributed by atoms with E-state index in [2.05, 4.69) is 5.09 Å². The monoisotopic (exact) mass is 549 g/mol. The SMILES string of the molecule is CC(C)OC(=O)[C@@H](C)N[P@@](=O)(OC[C@H]1O[C@@H](n2ccc(=O)[nH]c2=O)[C@@](F)(Cl)[C@@H]1O)Oc1ccccc1. The molecule has 0 bridgehead atoms. The van der Waals surface area contributed by atoms with Gasteiger partial charge in [0.15, 0.2) is 6.23 Å². The van der Waals surface area contributed by atoms with Gasteiger partial charge in [-0.3, -0.25) is 23.7 Å². The first-order valence-corrected chi connectivity index (χ1v) is 12.7. The minimum atomic E-state index is -4.35. The first-order chi connectivity index (χ1) is 16.8. The molecule has 2 heterocycles. The highest BCUT2D eigenvalue weighted by atomic mass is 35.5. The van der Waals surface area contributed by atoms with Crippen molar-refractivity contribution in [3.63, 3.8) is 0 Å². The third kappa shape index (κ3) is 6.61. The molecule has 3 N–H and O–H groups in total. The van der Waals surface area contributed by atoms with Gasteiger partial charge >= 0.3 is 19.4 Å². The molecule has 3 rings (SSSR count). The average molecular weight is 550 g/mol. The summed E-state index contributed by atoms with van der Waals surface area (Å²) in [6.07, 6.45) is -4.91. The molecular weight excluding hydrogens is 524 g/mol. The zero-order chi connectivity index (χ0) is 26.7. The molecule has 36 heavy (non-hydrogen) atoms. The Kier molecular flexibility index (Phi) is 8.75. The molecule has 1 aromatic carbocycles. The molecule has 6 atom stereocenters. The van der Waals surface area contributed by atoms with Crippen LogP contribution >= 0.6 is 19.3 Å². The largest absolute Gasteiger partial charge is 0.462 e. The van der Waals surface area contributed by atoms with Crippen molar-refractivity contribution in [2.24, 2.45) is 0 Å². The second-order valence-electron chi connectivity index (χ2n) is 8.20. The summed E-state index contributed by atoms with van der Waals surface area (Å²) in [6, 6.07) is 7.68. The minimum absolute atomic E-state index is 0.125. The van der Waals surface area contributed by atoms with Crippen LogP contribution in [0.3, 0.4) is 0 Å². The van der Waals surface area contributed by atoms with Gasteiger partial charge in [-0.25, -0.2) is 13.8 Å². The van der Waals surface area contributed by atoms with E-state index in [0.29, 0.717) is 4.57 Å². The van der Waals surface area contributed by atoms with Gasteiger partial charge in [0.05, 0.1) is 12.7 Å². The van der Waals surface area contributed by atoms with Crippen LogP contribution in [0.1, 0.15) is 27.0 Å². The van der Waals surface area contributed by atoms with Gasteiger partial charge in [-0.05, 0) is 32.9 Å². The Labute approximate surface area is 209 Å². The van der Waals surface area contributed by atoms with E-state index >= 15 is 4.39 Å². The summed E-state index contributed by atoms with van der Waals surface area (Å²) in [5.74, 6) is -0.607. The third-order valence-electron chi connectivity index (χ3n) is 4.92. The standard InChI is InChI=1S/C21H26ClFN3O9P/c1-12(2)33-18(29)13(3)25-36(31,35-14-7-5-4-6-8-14)32-11-15-17(28)21(22,23)19(34-15)26-10-9-16(27)24-20(26)30/h4-10,12-13,15,17,19,28H,11H2,1-3H3,(H,25,31)(H,24,27,30)/t13-,15-,17-,19-,21-,36-/m1/s1. The van der Waals surface area contributed by atoms with E-state index in [1.54, 1.807) is 32.0 Å². The van der Waals surface area contributed by atoms with E-state index in [1.807, 2.05) is 4.98 Å². The number of aromatic nitrogens is 2. The summed E-state index contributed by atoms with van der Waals surface area (Å²) in [5, 5.41) is 9.86. The maximum atomic E-state index is 15.2. The van der Waals surface area contributed by atoms with Crippen LogP contribution in [0.4, 0.5) is 4.39 Å². The fraction of sp³-hybridized carbons (Fsp3) is 0.476. The number of esters is 1. The summed E-state index contributed by atoms with van der Waals surface area (Å²) in [6.45, 7) is 3.93. The normalized spacial score (nSPS) is 26.4. The number of hydrogen-bond donors (Lipinski definition) is 3. The number of ether oxygens (including phenoxy) is 2. The summed E-state index contributed by atoms with van der Waals surface area (Å²) >= 11 is 5.85. The van der Waals surface area contributed by atoms with E-state index in [9.17, 15) is 24.1 Å². The number of para-hydroxylation sites is 1. The summed E-state index contributed by atoms with van der Waals surface area (Å²) in [4.78, 5) is 37.6. The smallest absolute Gasteiger partial charge is 0.459 e. The number of alkyl halides is 2. The van der Waals surface area contributed by atoms with Gasteiger partial charge in [-0.15, -0.1) is 0 Å². The van der Waals surface area contributed by atoms with E-state index in [-0.39, 0.29) is 5.75 Å². The Hall–Kier alpha value is -2.54. The van der Waals surface area contributed by atoms with Crippen LogP contribution in [0.5, 0.6) is 5.75 Å². The number of nitrogens with one attached hydrogen (secondary N) is 2. The third-order valence-corrected chi connectivity index (χ3v) is 6.97. The van der Waals surface area contributed by atoms with E-state index in [4.69, 9.17) is 30.1 Å². The van der Waals surface area contributed by atoms with Crippen molar-refractivity contribution in [1.29, 1.82) is 0 Å². The van der Waals surface area contributed by atoms with Crippen molar-refractivity contribution >= 4 is 25.3 Å². The average Bonchev–Trinajstić information content (AvgIpc) is 3.01. The van der Waals surface area contributed by atoms with Gasteiger partial charge in [0, 0.05) is 12.3 Å². The number of carbonyl (C=O) groups is 1. The lowest BCUT2D eigenvalue weighted by molar-refractivity contribution is -0.149. The van der Waals surface area contributed by atoms with Crippen molar-refractivity contribution < 1.29 is 37.4 Å². The molecule has 1 aliphatic heterocycles. The van der Waals surface area contributed by atoms with Crippen LogP contribution in [0.15, 0.2) is 52.2 Å². The number of halogens is 2. The van der Waals surface area contributed by atoms with E-state index in [0.717, 1.165) is 12.3 Å². The maximum absolute atomic E-state index is 15.2. The van der Waals surface area contributed by atoms with Gasteiger partial charge in [-0.2, -0.15) is 5.09 Å². The molecule has 1 fully saturated rings. The summed E-state index contributed by atoms with van der Waals surface area (Å²) in [5.41, 5.74) is -1.76. The van der Waals surface area contributed by atoms with Crippen LogP contribution in [0, 0.1) is 0 Å². The Morgan fingerprint density at radius 2 is 1.97 bits per heavy atom. The molecule has 0 spiro atoms. The highest BCUT2D eigenvalue weighted by Crippen LogP contribution is 2.48. The molecule has 198 valence electrons. The van der Waals surface area contributed by atoms with Gasteiger partial charge in [-0.1, -0.05) is 29.8 Å². The molecule has 1 aliphatic rings. The quantitative estimate of drug-likeness (QED) is 0.227. The zero-order valence-electron chi connectivity index (χ0n) is 19.5. The molecular formula is C21H26ClFN3O9P. The predicted molar refractivity (Wildman–Crippen MR) is 125 cm³/mol. The molecule has 0 saturated carbocycles. The number of hydrogen-bond acceptors (Lipinski definition) is 9. The predicted octanol–water partition coefficient (Wildman–Crippen LogP) is 1.83. The second-order valence-corrected chi connectivity index (χ2v) is 10.5. The van der Waals surface area contributed by atoms with Crippen LogP contribution in [0.25, 0.3) is 0 Å². The Balaban J connectivity index is 1.80. The van der Waals surface area contributed by atoms with Crippen molar-refractivity contribution in [3.05, 3.63) is 63.4 Å². The molecule has 2 aromatic rings. The van der Waals surface area contributed by atoms with Crippen LogP contribution in [-0.2, 0) is 23.4 Å². The van der Waals surface area contributed by atoms with Gasteiger partial charge in [0.2, 0.25) is 0 Å². The Bertz CT molecular complexity index is 1220. The topological polar surface area (TPSA) is 158 Å². The van der Waals surface area contributed by atoms with Crippen molar-refractivity contribution in [2.45, 2.75) is 56.5 Å². The number of H-pyrrole nitrogens is 1. The van der Waals surface area contributed by atoms with Gasteiger partial charge in [0.25, 0.3) is 10.7 Å². The zero-order valence-corrected chi connectivity index (χ0v) is 21.1. The van der Waals surface area contributed by atoms with Crippen molar-refractivity contribution in [2.75, 3.05) is 6.61 Å². The maximum Gasteiger partial charge on any atom is 0.459 e. The first-order valence-electron chi connectivity index (χ1n) is 10.8. The van der Waals surface area contributed by atoms with Crippen LogP contribution in [0.2, 0.25) is 0 Å². The lowest BCUT2D eigenvalue weighted by atomic mass is 10.1. The molecule has 0 aliphatic carbocycles. The number of aromatic amines is 1. The first kappa shape index (κ1) is 28.0. The molecule has 0 amide bonds. The summed E-state index contributed by atoms with van der Waals surface area (Å²) in [7, 11) is -4.35. The van der Waals surface area contributed by atoms with Crippen LogP contribution in [-0.4, -0.2) is 56.7 Å². The van der Waals surface area contributed by atoms with Gasteiger partial charge in [0.1, 0.15) is 24.0 Å². The number of aliphatic hydroxyl groups excluding tert-OH is 1.